The minimum absolute atomic E-state index is 0.116. The fraction of sp³-hybridized carbons (Fsp3) is 0.308. The van der Waals surface area contributed by atoms with Gasteiger partial charge in [-0.1, -0.05) is 18.2 Å². The van der Waals surface area contributed by atoms with Crippen molar-refractivity contribution in [2.45, 2.75) is 13.0 Å². The molecule has 2 rings (SSSR count). The van der Waals surface area contributed by atoms with Crippen molar-refractivity contribution in [3.63, 3.8) is 0 Å². The molecule has 1 aromatic carbocycles. The lowest BCUT2D eigenvalue weighted by molar-refractivity contribution is 0.601. The SMILES string of the molecule is CC(Nc1nn(C)c(=O)n(C)c1=O)c1ccccc1N. The second-order valence-corrected chi connectivity index (χ2v) is 4.61. The van der Waals surface area contributed by atoms with Crippen LogP contribution in [0.4, 0.5) is 11.5 Å². The van der Waals surface area contributed by atoms with E-state index < -0.39 is 11.2 Å². The number of aryl methyl sites for hydroxylation is 1. The van der Waals surface area contributed by atoms with E-state index in [2.05, 4.69) is 10.4 Å². The predicted molar refractivity (Wildman–Crippen MR) is 77.6 cm³/mol. The Balaban J connectivity index is 2.39. The first-order valence-corrected chi connectivity index (χ1v) is 6.17. The Hall–Kier alpha value is -2.57. The number of para-hydroxylation sites is 1. The summed E-state index contributed by atoms with van der Waals surface area (Å²) in [7, 11) is 2.91. The molecule has 0 aliphatic rings. The highest BCUT2D eigenvalue weighted by atomic mass is 16.2. The Morgan fingerprint density at radius 2 is 1.90 bits per heavy atom. The van der Waals surface area contributed by atoms with Crippen molar-refractivity contribution >= 4 is 11.5 Å². The molecule has 0 aliphatic heterocycles. The van der Waals surface area contributed by atoms with Crippen molar-refractivity contribution in [3.8, 4) is 0 Å². The fourth-order valence-corrected chi connectivity index (χ4v) is 1.98. The Kier molecular flexibility index (Phi) is 3.60. The van der Waals surface area contributed by atoms with Crippen LogP contribution in [0.25, 0.3) is 0 Å². The van der Waals surface area contributed by atoms with E-state index in [0.29, 0.717) is 5.69 Å². The lowest BCUT2D eigenvalue weighted by Crippen LogP contribution is -2.40. The van der Waals surface area contributed by atoms with Crippen LogP contribution in [0.15, 0.2) is 33.9 Å². The molecule has 7 nitrogen and oxygen atoms in total. The van der Waals surface area contributed by atoms with Gasteiger partial charge in [-0.15, -0.1) is 5.10 Å². The number of nitrogens with one attached hydrogen (secondary N) is 1. The number of nitrogen functional groups attached to an aromatic ring is 1. The number of hydrogen-bond acceptors (Lipinski definition) is 5. The summed E-state index contributed by atoms with van der Waals surface area (Å²) in [5.41, 5.74) is 6.47. The van der Waals surface area contributed by atoms with Crippen LogP contribution in [-0.2, 0) is 14.1 Å². The van der Waals surface area contributed by atoms with Crippen molar-refractivity contribution in [1.82, 2.24) is 14.3 Å². The molecule has 0 bridgehead atoms. The molecule has 0 amide bonds. The quantitative estimate of drug-likeness (QED) is 0.782. The number of rotatable bonds is 3. The zero-order valence-electron chi connectivity index (χ0n) is 11.6. The van der Waals surface area contributed by atoms with Gasteiger partial charge in [-0.2, -0.15) is 0 Å². The molecular weight excluding hydrogens is 258 g/mol. The maximum atomic E-state index is 12.0. The summed E-state index contributed by atoms with van der Waals surface area (Å²) in [5.74, 6) is 0.116. The van der Waals surface area contributed by atoms with E-state index in [9.17, 15) is 9.59 Å². The van der Waals surface area contributed by atoms with E-state index in [1.165, 1.54) is 14.1 Å². The topological polar surface area (TPSA) is 94.9 Å². The van der Waals surface area contributed by atoms with Gasteiger partial charge in [0.05, 0.1) is 6.04 Å². The smallest absolute Gasteiger partial charge is 0.346 e. The highest BCUT2D eigenvalue weighted by Crippen LogP contribution is 2.21. The van der Waals surface area contributed by atoms with E-state index in [-0.39, 0.29) is 11.9 Å². The molecule has 1 atom stereocenters. The number of aromatic nitrogens is 3. The van der Waals surface area contributed by atoms with Crippen LogP contribution in [0.2, 0.25) is 0 Å². The Labute approximate surface area is 115 Å². The highest BCUT2D eigenvalue weighted by molar-refractivity contribution is 5.50. The first kappa shape index (κ1) is 13.9. The van der Waals surface area contributed by atoms with Crippen LogP contribution in [0.3, 0.4) is 0 Å². The minimum atomic E-state index is -0.465. The summed E-state index contributed by atoms with van der Waals surface area (Å²) in [6.45, 7) is 1.87. The number of benzene rings is 1. The van der Waals surface area contributed by atoms with Crippen molar-refractivity contribution in [2.24, 2.45) is 14.1 Å². The van der Waals surface area contributed by atoms with E-state index in [4.69, 9.17) is 5.73 Å². The second kappa shape index (κ2) is 5.20. The molecule has 1 aromatic heterocycles. The van der Waals surface area contributed by atoms with E-state index in [1.54, 1.807) is 6.07 Å². The summed E-state index contributed by atoms with van der Waals surface area (Å²) in [5, 5.41) is 6.94. The standard InChI is InChI=1S/C13H17N5O2/c1-8(9-6-4-5-7-10(9)14)15-11-12(19)17(2)13(20)18(3)16-11/h4-8H,14H2,1-3H3,(H,15,16). The molecule has 0 radical (unpaired) electrons. The van der Waals surface area contributed by atoms with Crippen LogP contribution in [0, 0.1) is 0 Å². The van der Waals surface area contributed by atoms with Gasteiger partial charge in [0.15, 0.2) is 0 Å². The Morgan fingerprint density at radius 3 is 2.55 bits per heavy atom. The third-order valence-electron chi connectivity index (χ3n) is 3.14. The number of nitrogens with two attached hydrogens (primary N) is 1. The van der Waals surface area contributed by atoms with Gasteiger partial charge in [0, 0.05) is 19.8 Å². The molecule has 2 aromatic rings. The van der Waals surface area contributed by atoms with Gasteiger partial charge in [0.2, 0.25) is 5.82 Å². The third-order valence-corrected chi connectivity index (χ3v) is 3.14. The monoisotopic (exact) mass is 275 g/mol. The summed E-state index contributed by atoms with van der Waals surface area (Å²) in [6, 6.07) is 7.18. The largest absolute Gasteiger partial charge is 0.398 e. The molecule has 0 saturated carbocycles. The van der Waals surface area contributed by atoms with Crippen LogP contribution in [0.5, 0.6) is 0 Å². The lowest BCUT2D eigenvalue weighted by Gasteiger charge is -2.16. The first-order valence-electron chi connectivity index (χ1n) is 6.17. The maximum absolute atomic E-state index is 12.0. The summed E-state index contributed by atoms with van der Waals surface area (Å²) >= 11 is 0. The van der Waals surface area contributed by atoms with E-state index in [0.717, 1.165) is 14.8 Å². The van der Waals surface area contributed by atoms with E-state index >= 15 is 0 Å². The van der Waals surface area contributed by atoms with Crippen LogP contribution >= 0.6 is 0 Å². The normalized spacial score (nSPS) is 12.2. The molecule has 20 heavy (non-hydrogen) atoms. The van der Waals surface area contributed by atoms with Gasteiger partial charge in [0.25, 0.3) is 5.56 Å². The van der Waals surface area contributed by atoms with Gasteiger partial charge < -0.3 is 11.1 Å². The van der Waals surface area contributed by atoms with Crippen molar-refractivity contribution < 1.29 is 0 Å². The average Bonchev–Trinajstić information content (AvgIpc) is 2.42. The van der Waals surface area contributed by atoms with Crippen LogP contribution < -0.4 is 22.3 Å². The number of hydrogen-bond donors (Lipinski definition) is 2. The van der Waals surface area contributed by atoms with Crippen molar-refractivity contribution in [3.05, 3.63) is 50.7 Å². The summed E-state index contributed by atoms with van der Waals surface area (Å²) in [4.78, 5) is 23.6. The maximum Gasteiger partial charge on any atom is 0.346 e. The minimum Gasteiger partial charge on any atom is -0.398 e. The molecule has 0 spiro atoms. The summed E-state index contributed by atoms with van der Waals surface area (Å²) < 4.78 is 2.13. The molecule has 3 N–H and O–H groups in total. The predicted octanol–water partition coefficient (Wildman–Crippen LogP) is 0.234. The zero-order chi connectivity index (χ0) is 14.9. The van der Waals surface area contributed by atoms with Crippen LogP contribution in [-0.4, -0.2) is 14.3 Å². The van der Waals surface area contributed by atoms with Gasteiger partial charge in [-0.05, 0) is 18.6 Å². The molecular formula is C13H17N5O2. The molecule has 0 aliphatic carbocycles. The number of nitrogens with zero attached hydrogens (tertiary/aromatic N) is 3. The van der Waals surface area contributed by atoms with Gasteiger partial charge in [0.1, 0.15) is 0 Å². The second-order valence-electron chi connectivity index (χ2n) is 4.61. The first-order chi connectivity index (χ1) is 9.41. The molecule has 7 heteroatoms. The average molecular weight is 275 g/mol. The number of anilines is 2. The molecule has 0 fully saturated rings. The van der Waals surface area contributed by atoms with Gasteiger partial charge in [-0.25, -0.2) is 9.48 Å². The molecule has 0 saturated heterocycles. The highest BCUT2D eigenvalue weighted by Gasteiger charge is 2.13. The van der Waals surface area contributed by atoms with Gasteiger partial charge >= 0.3 is 5.69 Å². The fourth-order valence-electron chi connectivity index (χ4n) is 1.98. The molecule has 106 valence electrons. The summed E-state index contributed by atoms with van der Waals surface area (Å²) in [6.07, 6.45) is 0. The Bertz CT molecular complexity index is 747. The molecule has 1 unspecified atom stereocenters. The zero-order valence-corrected chi connectivity index (χ0v) is 11.6. The lowest BCUT2D eigenvalue weighted by atomic mass is 10.1. The van der Waals surface area contributed by atoms with Crippen molar-refractivity contribution in [2.75, 3.05) is 11.1 Å². The Morgan fingerprint density at radius 1 is 1.25 bits per heavy atom. The molecule has 1 heterocycles. The third kappa shape index (κ3) is 2.42. The van der Waals surface area contributed by atoms with E-state index in [1.807, 2.05) is 25.1 Å². The van der Waals surface area contributed by atoms with Gasteiger partial charge in [-0.3, -0.25) is 9.36 Å². The van der Waals surface area contributed by atoms with Crippen molar-refractivity contribution in [1.29, 1.82) is 0 Å². The van der Waals surface area contributed by atoms with Crippen LogP contribution in [0.1, 0.15) is 18.5 Å².